The number of nitrogens with one attached hydrogen (secondary N) is 3. The fourth-order valence-electron chi connectivity index (χ4n) is 1.44. The molecule has 102 valence electrons. The molecule has 0 aromatic carbocycles. The molecule has 0 aromatic rings. The maximum absolute atomic E-state index is 11.1. The lowest BCUT2D eigenvalue weighted by molar-refractivity contribution is -0.120. The molecule has 0 aliphatic carbocycles. The van der Waals surface area contributed by atoms with Crippen LogP contribution in [0.2, 0.25) is 0 Å². The van der Waals surface area contributed by atoms with Crippen LogP contribution in [0.4, 0.5) is 0 Å². The highest BCUT2D eigenvalue weighted by Gasteiger charge is 2.21. The van der Waals surface area contributed by atoms with Gasteiger partial charge in [0.2, 0.25) is 15.9 Å². The molecule has 0 fully saturated rings. The lowest BCUT2D eigenvalue weighted by Gasteiger charge is -2.25. The van der Waals surface area contributed by atoms with Gasteiger partial charge in [-0.25, -0.2) is 13.1 Å². The molecule has 7 heteroatoms. The van der Waals surface area contributed by atoms with Gasteiger partial charge < -0.3 is 10.6 Å². The minimum atomic E-state index is -3.20. The highest BCUT2D eigenvalue weighted by Crippen LogP contribution is 2.01. The second-order valence-corrected chi connectivity index (χ2v) is 6.46. The summed E-state index contributed by atoms with van der Waals surface area (Å²) in [5.74, 6) is 0.0142. The zero-order valence-electron chi connectivity index (χ0n) is 11.0. The average Bonchev–Trinajstić information content (AvgIpc) is 2.12. The molecule has 0 rings (SSSR count). The van der Waals surface area contributed by atoms with Crippen LogP contribution in [-0.4, -0.2) is 46.3 Å². The molecule has 1 amide bonds. The van der Waals surface area contributed by atoms with Gasteiger partial charge in [-0.1, -0.05) is 0 Å². The Kier molecular flexibility index (Phi) is 6.66. The first kappa shape index (κ1) is 16.3. The first-order valence-electron chi connectivity index (χ1n) is 5.56. The molecule has 0 radical (unpaired) electrons. The summed E-state index contributed by atoms with van der Waals surface area (Å²) in [6.07, 6.45) is 2.35. The van der Waals surface area contributed by atoms with Crippen LogP contribution in [0.5, 0.6) is 0 Å². The number of hydrogen-bond donors (Lipinski definition) is 3. The van der Waals surface area contributed by atoms with Crippen LogP contribution >= 0.6 is 0 Å². The van der Waals surface area contributed by atoms with E-state index in [-0.39, 0.29) is 5.91 Å². The van der Waals surface area contributed by atoms with Gasteiger partial charge in [-0.05, 0) is 26.8 Å². The summed E-state index contributed by atoms with van der Waals surface area (Å²) in [5, 5.41) is 5.67. The maximum atomic E-state index is 11.1. The summed E-state index contributed by atoms with van der Waals surface area (Å²) in [4.78, 5) is 10.9. The number of carbonyl (C=O) groups is 1. The van der Waals surface area contributed by atoms with E-state index in [9.17, 15) is 13.2 Å². The third-order valence-electron chi connectivity index (χ3n) is 2.06. The number of amides is 1. The van der Waals surface area contributed by atoms with Gasteiger partial charge in [-0.15, -0.1) is 0 Å². The molecule has 0 atom stereocenters. The molecule has 0 saturated carbocycles. The molecule has 3 N–H and O–H groups in total. The van der Waals surface area contributed by atoms with Gasteiger partial charge in [-0.3, -0.25) is 4.79 Å². The van der Waals surface area contributed by atoms with Gasteiger partial charge in [0.25, 0.3) is 0 Å². The molecular weight excluding hydrogens is 242 g/mol. The molecule has 0 aromatic heterocycles. The van der Waals surface area contributed by atoms with E-state index in [1.807, 2.05) is 0 Å². The van der Waals surface area contributed by atoms with E-state index in [4.69, 9.17) is 0 Å². The second kappa shape index (κ2) is 6.93. The molecule has 0 heterocycles. The van der Waals surface area contributed by atoms with E-state index >= 15 is 0 Å². The minimum Gasteiger partial charge on any atom is -0.359 e. The number of sulfonamides is 1. The monoisotopic (exact) mass is 265 g/mol. The smallest absolute Gasteiger partial charge is 0.219 e. The second-order valence-electron chi connectivity index (χ2n) is 4.71. The lowest BCUT2D eigenvalue weighted by Crippen LogP contribution is -2.50. The predicted octanol–water partition coefficient (Wildman–Crippen LogP) is -0.570. The van der Waals surface area contributed by atoms with Crippen LogP contribution in [0.15, 0.2) is 0 Å². The molecule has 0 spiro atoms. The standard InChI is InChI=1S/C10H23N3O3S/c1-10(2,13-17(4,15)16)8-12-7-5-6-9(14)11-3/h12-13H,5-8H2,1-4H3,(H,11,14). The highest BCUT2D eigenvalue weighted by atomic mass is 32.2. The molecule has 6 nitrogen and oxygen atoms in total. The van der Waals surface area contributed by atoms with Crippen LogP contribution < -0.4 is 15.4 Å². The van der Waals surface area contributed by atoms with Gasteiger partial charge >= 0.3 is 0 Å². The Hall–Kier alpha value is -0.660. The van der Waals surface area contributed by atoms with Gasteiger partial charge in [0.1, 0.15) is 0 Å². The van der Waals surface area contributed by atoms with Crippen molar-refractivity contribution in [2.24, 2.45) is 0 Å². The number of carbonyl (C=O) groups excluding carboxylic acids is 1. The normalized spacial score (nSPS) is 12.5. The first-order valence-corrected chi connectivity index (χ1v) is 7.46. The zero-order chi connectivity index (χ0) is 13.5. The van der Waals surface area contributed by atoms with Gasteiger partial charge in [0.15, 0.2) is 0 Å². The average molecular weight is 265 g/mol. The Morgan fingerprint density at radius 1 is 1.29 bits per heavy atom. The van der Waals surface area contributed by atoms with Crippen molar-refractivity contribution in [3.63, 3.8) is 0 Å². The largest absolute Gasteiger partial charge is 0.359 e. The highest BCUT2D eigenvalue weighted by molar-refractivity contribution is 7.88. The summed E-state index contributed by atoms with van der Waals surface area (Å²) in [6, 6.07) is 0. The maximum Gasteiger partial charge on any atom is 0.219 e. The molecule has 0 aliphatic heterocycles. The minimum absolute atomic E-state index is 0.0142. The zero-order valence-corrected chi connectivity index (χ0v) is 11.8. The third kappa shape index (κ3) is 10.2. The molecule has 0 aliphatic rings. The molecule has 17 heavy (non-hydrogen) atoms. The van der Waals surface area contributed by atoms with Crippen LogP contribution in [0.3, 0.4) is 0 Å². The van der Waals surface area contributed by atoms with Crippen molar-refractivity contribution < 1.29 is 13.2 Å². The van der Waals surface area contributed by atoms with Crippen molar-refractivity contribution in [2.75, 3.05) is 26.4 Å². The molecule has 0 bridgehead atoms. The van der Waals surface area contributed by atoms with E-state index in [0.717, 1.165) is 12.7 Å². The quantitative estimate of drug-likeness (QED) is 0.513. The lowest BCUT2D eigenvalue weighted by atomic mass is 10.1. The molecule has 0 saturated heterocycles. The van der Waals surface area contributed by atoms with Crippen LogP contribution in [0.1, 0.15) is 26.7 Å². The first-order chi connectivity index (χ1) is 7.66. The summed E-state index contributed by atoms with van der Waals surface area (Å²) < 4.78 is 24.7. The number of rotatable bonds is 8. The number of hydrogen-bond acceptors (Lipinski definition) is 4. The van der Waals surface area contributed by atoms with Gasteiger partial charge in [-0.2, -0.15) is 0 Å². The molecule has 0 unspecified atom stereocenters. The van der Waals surface area contributed by atoms with E-state index in [2.05, 4.69) is 15.4 Å². The summed E-state index contributed by atoms with van der Waals surface area (Å²) >= 11 is 0. The van der Waals surface area contributed by atoms with Crippen molar-refractivity contribution >= 4 is 15.9 Å². The molecular formula is C10H23N3O3S. The fourth-order valence-corrected chi connectivity index (χ4v) is 2.51. The van der Waals surface area contributed by atoms with Crippen LogP contribution in [0.25, 0.3) is 0 Å². The van der Waals surface area contributed by atoms with Gasteiger partial charge in [0.05, 0.1) is 6.26 Å². The van der Waals surface area contributed by atoms with Crippen LogP contribution in [0, 0.1) is 0 Å². The summed E-state index contributed by atoms with van der Waals surface area (Å²) in [5.41, 5.74) is -0.527. The van der Waals surface area contributed by atoms with Crippen molar-refractivity contribution in [1.82, 2.24) is 15.4 Å². The SMILES string of the molecule is CNC(=O)CCCNCC(C)(C)NS(C)(=O)=O. The Labute approximate surface area is 104 Å². The van der Waals surface area contributed by atoms with Gasteiger partial charge in [0, 0.05) is 25.6 Å². The van der Waals surface area contributed by atoms with E-state index in [0.29, 0.717) is 19.5 Å². The third-order valence-corrected chi connectivity index (χ3v) is 2.99. The van der Waals surface area contributed by atoms with E-state index in [1.54, 1.807) is 20.9 Å². The van der Waals surface area contributed by atoms with Crippen molar-refractivity contribution in [1.29, 1.82) is 0 Å². The topological polar surface area (TPSA) is 87.3 Å². The summed E-state index contributed by atoms with van der Waals surface area (Å²) in [6.45, 7) is 4.82. The van der Waals surface area contributed by atoms with E-state index < -0.39 is 15.6 Å². The van der Waals surface area contributed by atoms with Crippen molar-refractivity contribution in [3.05, 3.63) is 0 Å². The van der Waals surface area contributed by atoms with Crippen molar-refractivity contribution in [3.8, 4) is 0 Å². The Morgan fingerprint density at radius 3 is 2.35 bits per heavy atom. The van der Waals surface area contributed by atoms with E-state index in [1.165, 1.54) is 0 Å². The fraction of sp³-hybridized carbons (Fsp3) is 0.900. The Bertz CT molecular complexity index is 339. The summed E-state index contributed by atoms with van der Waals surface area (Å²) in [7, 11) is -1.59. The van der Waals surface area contributed by atoms with Crippen molar-refractivity contribution in [2.45, 2.75) is 32.2 Å². The van der Waals surface area contributed by atoms with Crippen LogP contribution in [-0.2, 0) is 14.8 Å². The predicted molar refractivity (Wildman–Crippen MR) is 68.2 cm³/mol. The Balaban J connectivity index is 3.77. The Morgan fingerprint density at radius 2 is 1.88 bits per heavy atom.